The molecule has 0 bridgehead atoms. The highest BCUT2D eigenvalue weighted by atomic mass is 19.4. The summed E-state index contributed by atoms with van der Waals surface area (Å²) in [5.74, 6) is -0.863. The molecule has 0 saturated carbocycles. The average molecular weight is 269 g/mol. The molecule has 0 fully saturated rings. The Morgan fingerprint density at radius 3 is 2.44 bits per heavy atom. The van der Waals surface area contributed by atoms with Gasteiger partial charge in [0.15, 0.2) is 0 Å². The molecule has 0 radical (unpaired) electrons. The van der Waals surface area contributed by atoms with Crippen LogP contribution in [0.25, 0.3) is 0 Å². The molecule has 0 atom stereocenters. The van der Waals surface area contributed by atoms with E-state index >= 15 is 0 Å². The molecule has 0 aromatic heterocycles. The molecule has 1 aromatic carbocycles. The molecule has 0 amide bonds. The molecule has 1 N–H and O–H groups in total. The van der Waals surface area contributed by atoms with Gasteiger partial charge in [-0.2, -0.15) is 22.0 Å². The molecule has 0 aliphatic carbocycles. The van der Waals surface area contributed by atoms with E-state index in [2.05, 4.69) is 10.1 Å². The summed E-state index contributed by atoms with van der Waals surface area (Å²) in [4.78, 5) is 0. The highest BCUT2D eigenvalue weighted by Gasteiger charge is 2.35. The van der Waals surface area contributed by atoms with Crippen LogP contribution in [0.15, 0.2) is 18.2 Å². The van der Waals surface area contributed by atoms with Gasteiger partial charge in [-0.1, -0.05) is 13.0 Å². The van der Waals surface area contributed by atoms with Crippen molar-refractivity contribution in [2.45, 2.75) is 26.3 Å². The lowest BCUT2D eigenvalue weighted by Gasteiger charge is -2.15. The highest BCUT2D eigenvalue weighted by molar-refractivity contribution is 5.39. The second kappa shape index (κ2) is 5.99. The van der Waals surface area contributed by atoms with Gasteiger partial charge in [-0.15, -0.1) is 0 Å². The molecule has 0 heterocycles. The first-order valence-electron chi connectivity index (χ1n) is 5.20. The summed E-state index contributed by atoms with van der Waals surface area (Å²) in [7, 11) is 0. The molecular weight excluding hydrogens is 257 g/mol. The normalized spacial score (nSPS) is 11.9. The van der Waals surface area contributed by atoms with Gasteiger partial charge in [0, 0.05) is 6.54 Å². The minimum atomic E-state index is -4.73. The Balaban J connectivity index is 3.05. The van der Waals surface area contributed by atoms with Gasteiger partial charge in [-0.25, -0.2) is 0 Å². The molecule has 18 heavy (non-hydrogen) atoms. The van der Waals surface area contributed by atoms with Crippen LogP contribution in [0.4, 0.5) is 22.0 Å². The molecular formula is C11H12F5NO. The molecule has 1 rings (SSSR count). The Kier molecular flexibility index (Phi) is 4.89. The first-order chi connectivity index (χ1) is 8.34. The standard InChI is InChI=1S/C11H12F5NO/c1-2-17-6-7-3-4-9(18-10(12)13)8(5-7)11(14,15)16/h3-5,10,17H,2,6H2,1H3. The maximum Gasteiger partial charge on any atom is 0.419 e. The summed E-state index contributed by atoms with van der Waals surface area (Å²) in [5, 5.41) is 2.85. The third-order valence-corrected chi connectivity index (χ3v) is 2.14. The van der Waals surface area contributed by atoms with Crippen LogP contribution in [-0.4, -0.2) is 13.2 Å². The number of benzene rings is 1. The van der Waals surface area contributed by atoms with Crippen molar-refractivity contribution in [2.75, 3.05) is 6.54 Å². The van der Waals surface area contributed by atoms with Gasteiger partial charge in [0.05, 0.1) is 5.56 Å². The zero-order valence-corrected chi connectivity index (χ0v) is 9.52. The predicted molar refractivity (Wildman–Crippen MR) is 55.5 cm³/mol. The van der Waals surface area contributed by atoms with Crippen molar-refractivity contribution in [1.29, 1.82) is 0 Å². The summed E-state index contributed by atoms with van der Waals surface area (Å²) >= 11 is 0. The predicted octanol–water partition coefficient (Wildman–Crippen LogP) is 3.42. The number of hydrogen-bond donors (Lipinski definition) is 1. The number of alkyl halides is 5. The first-order valence-corrected chi connectivity index (χ1v) is 5.20. The molecule has 1 aromatic rings. The fraction of sp³-hybridized carbons (Fsp3) is 0.455. The smallest absolute Gasteiger partial charge is 0.419 e. The Labute approximate surface area is 101 Å². The molecule has 2 nitrogen and oxygen atoms in total. The topological polar surface area (TPSA) is 21.3 Å². The maximum atomic E-state index is 12.7. The van der Waals surface area contributed by atoms with E-state index in [0.717, 1.165) is 12.1 Å². The van der Waals surface area contributed by atoms with Gasteiger partial charge >= 0.3 is 12.8 Å². The van der Waals surface area contributed by atoms with Crippen LogP contribution in [-0.2, 0) is 12.7 Å². The van der Waals surface area contributed by atoms with E-state index in [0.29, 0.717) is 12.1 Å². The van der Waals surface area contributed by atoms with Crippen molar-refractivity contribution in [3.05, 3.63) is 29.3 Å². The Hall–Kier alpha value is -1.37. The van der Waals surface area contributed by atoms with Crippen molar-refractivity contribution in [3.63, 3.8) is 0 Å². The van der Waals surface area contributed by atoms with Gasteiger partial charge in [0.2, 0.25) is 0 Å². The maximum absolute atomic E-state index is 12.7. The molecule has 0 spiro atoms. The fourth-order valence-corrected chi connectivity index (χ4v) is 1.38. The summed E-state index contributed by atoms with van der Waals surface area (Å²) in [6, 6.07) is 3.03. The van der Waals surface area contributed by atoms with Crippen molar-refractivity contribution in [3.8, 4) is 5.75 Å². The zero-order valence-electron chi connectivity index (χ0n) is 9.52. The SMILES string of the molecule is CCNCc1ccc(OC(F)F)c(C(F)(F)F)c1. The minimum Gasteiger partial charge on any atom is -0.434 e. The van der Waals surface area contributed by atoms with Crippen LogP contribution in [0.2, 0.25) is 0 Å². The average Bonchev–Trinajstić information content (AvgIpc) is 2.25. The number of halogens is 5. The Morgan fingerprint density at radius 1 is 1.28 bits per heavy atom. The lowest BCUT2D eigenvalue weighted by Crippen LogP contribution is -2.15. The van der Waals surface area contributed by atoms with Gasteiger partial charge in [-0.3, -0.25) is 0 Å². The number of hydrogen-bond acceptors (Lipinski definition) is 2. The van der Waals surface area contributed by atoms with Gasteiger partial charge in [-0.05, 0) is 24.2 Å². The van der Waals surface area contributed by atoms with Crippen molar-refractivity contribution in [1.82, 2.24) is 5.32 Å². The van der Waals surface area contributed by atoms with Crippen molar-refractivity contribution in [2.24, 2.45) is 0 Å². The van der Waals surface area contributed by atoms with Crippen LogP contribution in [0, 0.1) is 0 Å². The second-order valence-corrected chi connectivity index (χ2v) is 3.49. The summed E-state index contributed by atoms with van der Waals surface area (Å²) in [6.45, 7) is -0.657. The van der Waals surface area contributed by atoms with Crippen molar-refractivity contribution >= 4 is 0 Å². The monoisotopic (exact) mass is 269 g/mol. The summed E-state index contributed by atoms with van der Waals surface area (Å²) < 4.78 is 65.8. The number of nitrogens with one attached hydrogen (secondary N) is 1. The zero-order chi connectivity index (χ0) is 13.8. The van der Waals surface area contributed by atoms with Crippen LogP contribution < -0.4 is 10.1 Å². The molecule has 102 valence electrons. The molecule has 0 aliphatic rings. The Morgan fingerprint density at radius 2 is 1.94 bits per heavy atom. The fourth-order valence-electron chi connectivity index (χ4n) is 1.38. The number of ether oxygens (including phenoxy) is 1. The van der Waals surface area contributed by atoms with E-state index in [9.17, 15) is 22.0 Å². The van der Waals surface area contributed by atoms with Gasteiger partial charge in [0.1, 0.15) is 5.75 Å². The van der Waals surface area contributed by atoms with E-state index in [-0.39, 0.29) is 6.54 Å². The van der Waals surface area contributed by atoms with Crippen LogP contribution in [0.1, 0.15) is 18.1 Å². The molecule has 7 heteroatoms. The third-order valence-electron chi connectivity index (χ3n) is 2.14. The lowest BCUT2D eigenvalue weighted by atomic mass is 10.1. The van der Waals surface area contributed by atoms with Crippen LogP contribution in [0.5, 0.6) is 5.75 Å². The second-order valence-electron chi connectivity index (χ2n) is 3.49. The van der Waals surface area contributed by atoms with E-state index < -0.39 is 24.1 Å². The quantitative estimate of drug-likeness (QED) is 0.827. The van der Waals surface area contributed by atoms with Crippen molar-refractivity contribution < 1.29 is 26.7 Å². The van der Waals surface area contributed by atoms with Crippen LogP contribution in [0.3, 0.4) is 0 Å². The first kappa shape index (κ1) is 14.7. The Bertz CT molecular complexity index is 392. The minimum absolute atomic E-state index is 0.231. The van der Waals surface area contributed by atoms with E-state index in [1.54, 1.807) is 6.92 Å². The third kappa shape index (κ3) is 4.14. The van der Waals surface area contributed by atoms with E-state index in [4.69, 9.17) is 0 Å². The van der Waals surface area contributed by atoms with Gasteiger partial charge < -0.3 is 10.1 Å². The lowest BCUT2D eigenvalue weighted by molar-refractivity contribution is -0.141. The number of rotatable bonds is 5. The molecule has 0 saturated heterocycles. The molecule has 0 unspecified atom stereocenters. The largest absolute Gasteiger partial charge is 0.434 e. The summed E-state index contributed by atoms with van der Waals surface area (Å²) in [6.07, 6.45) is -4.73. The van der Waals surface area contributed by atoms with E-state index in [1.807, 2.05) is 0 Å². The highest BCUT2D eigenvalue weighted by Crippen LogP contribution is 2.37. The van der Waals surface area contributed by atoms with E-state index in [1.165, 1.54) is 6.07 Å². The van der Waals surface area contributed by atoms with Crippen LogP contribution >= 0.6 is 0 Å². The summed E-state index contributed by atoms with van der Waals surface area (Å²) in [5.41, 5.74) is -0.844. The molecule has 0 aliphatic heterocycles. The van der Waals surface area contributed by atoms with Gasteiger partial charge in [0.25, 0.3) is 0 Å².